The van der Waals surface area contributed by atoms with Crippen molar-refractivity contribution in [2.24, 2.45) is 0 Å². The Morgan fingerprint density at radius 3 is 2.45 bits per heavy atom. The van der Waals surface area contributed by atoms with Crippen molar-refractivity contribution in [1.29, 1.82) is 0 Å². The zero-order chi connectivity index (χ0) is 14.4. The lowest BCUT2D eigenvalue weighted by Crippen LogP contribution is -2.06. The standard InChI is InChI=1S/C16H15BrO3/c1-19-9-10-20-15-8-7-13(11-14(15)17)16(18)12-5-3-2-4-6-12/h2-8,11H,9-10H2,1H3. The van der Waals surface area contributed by atoms with Crippen LogP contribution >= 0.6 is 15.9 Å². The molecule has 0 heterocycles. The highest BCUT2D eigenvalue weighted by molar-refractivity contribution is 9.10. The number of hydrogen-bond acceptors (Lipinski definition) is 3. The van der Waals surface area contributed by atoms with Crippen LogP contribution in [-0.2, 0) is 4.74 Å². The SMILES string of the molecule is COCCOc1ccc(C(=O)c2ccccc2)cc1Br. The van der Waals surface area contributed by atoms with E-state index in [2.05, 4.69) is 15.9 Å². The minimum Gasteiger partial charge on any atom is -0.490 e. The summed E-state index contributed by atoms with van der Waals surface area (Å²) in [5.74, 6) is 0.696. The summed E-state index contributed by atoms with van der Waals surface area (Å²) in [7, 11) is 1.63. The fourth-order valence-electron chi connectivity index (χ4n) is 1.75. The van der Waals surface area contributed by atoms with Crippen molar-refractivity contribution in [1.82, 2.24) is 0 Å². The summed E-state index contributed by atoms with van der Waals surface area (Å²) in [6.07, 6.45) is 0. The summed E-state index contributed by atoms with van der Waals surface area (Å²) in [6, 6.07) is 14.5. The molecule has 104 valence electrons. The molecule has 0 bridgehead atoms. The average Bonchev–Trinajstić information content (AvgIpc) is 2.49. The van der Waals surface area contributed by atoms with Gasteiger partial charge in [-0.2, -0.15) is 0 Å². The Balaban J connectivity index is 2.14. The van der Waals surface area contributed by atoms with Crippen molar-refractivity contribution < 1.29 is 14.3 Å². The second-order valence-electron chi connectivity index (χ2n) is 4.18. The monoisotopic (exact) mass is 334 g/mol. The molecule has 2 rings (SSSR count). The van der Waals surface area contributed by atoms with E-state index in [4.69, 9.17) is 9.47 Å². The minimum atomic E-state index is -0.00487. The Morgan fingerprint density at radius 1 is 1.05 bits per heavy atom. The molecule has 4 heteroatoms. The van der Waals surface area contributed by atoms with Gasteiger partial charge in [0.1, 0.15) is 12.4 Å². The van der Waals surface area contributed by atoms with Crippen molar-refractivity contribution in [3.05, 3.63) is 64.1 Å². The molecule has 20 heavy (non-hydrogen) atoms. The van der Waals surface area contributed by atoms with Gasteiger partial charge < -0.3 is 9.47 Å². The van der Waals surface area contributed by atoms with Crippen LogP contribution in [0.2, 0.25) is 0 Å². The zero-order valence-corrected chi connectivity index (χ0v) is 12.7. The predicted octanol–water partition coefficient (Wildman–Crippen LogP) is 3.71. The summed E-state index contributed by atoms with van der Waals surface area (Å²) in [4.78, 5) is 12.3. The smallest absolute Gasteiger partial charge is 0.193 e. The van der Waals surface area contributed by atoms with Crippen LogP contribution in [0.15, 0.2) is 53.0 Å². The van der Waals surface area contributed by atoms with Crippen LogP contribution in [0.25, 0.3) is 0 Å². The molecule has 0 aliphatic heterocycles. The van der Waals surface area contributed by atoms with Gasteiger partial charge in [-0.1, -0.05) is 30.3 Å². The van der Waals surface area contributed by atoms with Gasteiger partial charge in [0.05, 0.1) is 11.1 Å². The van der Waals surface area contributed by atoms with E-state index in [-0.39, 0.29) is 5.78 Å². The summed E-state index contributed by atoms with van der Waals surface area (Å²) >= 11 is 3.42. The maximum Gasteiger partial charge on any atom is 0.193 e. The molecule has 0 fully saturated rings. The largest absolute Gasteiger partial charge is 0.490 e. The summed E-state index contributed by atoms with van der Waals surface area (Å²) < 4.78 is 11.2. The van der Waals surface area contributed by atoms with Gasteiger partial charge in [-0.05, 0) is 34.1 Å². The third kappa shape index (κ3) is 3.68. The topological polar surface area (TPSA) is 35.5 Å². The molecule has 2 aromatic carbocycles. The van der Waals surface area contributed by atoms with E-state index in [1.807, 2.05) is 18.2 Å². The van der Waals surface area contributed by atoms with Gasteiger partial charge in [0.15, 0.2) is 5.78 Å². The maximum absolute atomic E-state index is 12.3. The quantitative estimate of drug-likeness (QED) is 0.596. The molecule has 0 aliphatic rings. The summed E-state index contributed by atoms with van der Waals surface area (Å²) in [5, 5.41) is 0. The number of hydrogen-bond donors (Lipinski definition) is 0. The molecule has 0 aliphatic carbocycles. The molecule has 0 aromatic heterocycles. The Hall–Kier alpha value is -1.65. The molecule has 0 saturated heterocycles. The predicted molar refractivity (Wildman–Crippen MR) is 81.4 cm³/mol. The van der Waals surface area contributed by atoms with Crippen molar-refractivity contribution >= 4 is 21.7 Å². The molecule has 0 spiro atoms. The Morgan fingerprint density at radius 2 is 1.80 bits per heavy atom. The van der Waals surface area contributed by atoms with E-state index in [1.165, 1.54) is 0 Å². The third-order valence-electron chi connectivity index (χ3n) is 2.78. The second-order valence-corrected chi connectivity index (χ2v) is 5.04. The number of carbonyl (C=O) groups excluding carboxylic acids is 1. The van der Waals surface area contributed by atoms with Crippen molar-refractivity contribution in [3.8, 4) is 5.75 Å². The maximum atomic E-state index is 12.3. The number of ketones is 1. The fraction of sp³-hybridized carbons (Fsp3) is 0.188. The van der Waals surface area contributed by atoms with Crippen LogP contribution in [0.4, 0.5) is 0 Å². The van der Waals surface area contributed by atoms with Gasteiger partial charge in [0.25, 0.3) is 0 Å². The van der Waals surface area contributed by atoms with Crippen LogP contribution in [0.1, 0.15) is 15.9 Å². The van der Waals surface area contributed by atoms with Gasteiger partial charge in [-0.3, -0.25) is 4.79 Å². The molecule has 0 amide bonds. The molecule has 0 atom stereocenters. The van der Waals surface area contributed by atoms with E-state index < -0.39 is 0 Å². The van der Waals surface area contributed by atoms with Crippen LogP contribution in [0.5, 0.6) is 5.75 Å². The number of halogens is 1. The first-order chi connectivity index (χ1) is 9.72. The second kappa shape index (κ2) is 7.22. The van der Waals surface area contributed by atoms with Crippen LogP contribution in [-0.4, -0.2) is 26.1 Å². The Bertz CT molecular complexity index is 582. The molecule has 0 unspecified atom stereocenters. The molecule has 3 nitrogen and oxygen atoms in total. The fourth-order valence-corrected chi connectivity index (χ4v) is 2.24. The molecule has 0 N–H and O–H groups in total. The average molecular weight is 335 g/mol. The first kappa shape index (κ1) is 14.8. The van der Waals surface area contributed by atoms with Crippen LogP contribution < -0.4 is 4.74 Å². The van der Waals surface area contributed by atoms with E-state index >= 15 is 0 Å². The number of rotatable bonds is 6. The van der Waals surface area contributed by atoms with E-state index in [1.54, 1.807) is 37.4 Å². The van der Waals surface area contributed by atoms with Crippen molar-refractivity contribution in [3.63, 3.8) is 0 Å². The lowest BCUT2D eigenvalue weighted by atomic mass is 10.0. The number of ether oxygens (including phenoxy) is 2. The zero-order valence-electron chi connectivity index (χ0n) is 11.1. The first-order valence-corrected chi connectivity index (χ1v) is 7.02. The Labute approximate surface area is 126 Å². The number of benzene rings is 2. The highest BCUT2D eigenvalue weighted by atomic mass is 79.9. The van der Waals surface area contributed by atoms with Crippen molar-refractivity contribution in [2.75, 3.05) is 20.3 Å². The highest BCUT2D eigenvalue weighted by Gasteiger charge is 2.11. The van der Waals surface area contributed by atoms with Crippen LogP contribution in [0, 0.1) is 0 Å². The van der Waals surface area contributed by atoms with E-state index in [9.17, 15) is 4.79 Å². The summed E-state index contributed by atoms with van der Waals surface area (Å²) in [5.41, 5.74) is 1.30. The lowest BCUT2D eigenvalue weighted by Gasteiger charge is -2.09. The van der Waals surface area contributed by atoms with Gasteiger partial charge in [-0.15, -0.1) is 0 Å². The lowest BCUT2D eigenvalue weighted by molar-refractivity contribution is 0.103. The van der Waals surface area contributed by atoms with E-state index in [0.29, 0.717) is 30.1 Å². The summed E-state index contributed by atoms with van der Waals surface area (Å²) in [6.45, 7) is 0.998. The number of carbonyl (C=O) groups is 1. The van der Waals surface area contributed by atoms with Gasteiger partial charge in [0.2, 0.25) is 0 Å². The van der Waals surface area contributed by atoms with Gasteiger partial charge >= 0.3 is 0 Å². The molecule has 0 saturated carbocycles. The minimum absolute atomic E-state index is 0.00487. The first-order valence-electron chi connectivity index (χ1n) is 6.23. The molecule has 0 radical (unpaired) electrons. The molecule has 2 aromatic rings. The van der Waals surface area contributed by atoms with Gasteiger partial charge in [0, 0.05) is 18.2 Å². The van der Waals surface area contributed by atoms with Crippen LogP contribution in [0.3, 0.4) is 0 Å². The van der Waals surface area contributed by atoms with E-state index in [0.717, 1.165) is 4.47 Å². The molecular formula is C16H15BrO3. The highest BCUT2D eigenvalue weighted by Crippen LogP contribution is 2.27. The Kier molecular flexibility index (Phi) is 5.32. The third-order valence-corrected chi connectivity index (χ3v) is 3.39. The van der Waals surface area contributed by atoms with Crippen molar-refractivity contribution in [2.45, 2.75) is 0 Å². The number of methoxy groups -OCH3 is 1. The normalized spacial score (nSPS) is 10.3. The molecular weight excluding hydrogens is 320 g/mol. The van der Waals surface area contributed by atoms with Gasteiger partial charge in [-0.25, -0.2) is 0 Å².